The van der Waals surface area contributed by atoms with E-state index in [1.807, 2.05) is 20.8 Å². The molecule has 2 fully saturated rings. The highest BCUT2D eigenvalue weighted by Crippen LogP contribution is 2.37. The zero-order chi connectivity index (χ0) is 34.9. The Morgan fingerprint density at radius 2 is 1.94 bits per heavy atom. The lowest BCUT2D eigenvalue weighted by Gasteiger charge is -2.38. The number of piperazine rings is 1. The second kappa shape index (κ2) is 17.1. The van der Waals surface area contributed by atoms with Gasteiger partial charge in [-0.05, 0) is 51.7 Å². The second-order valence-electron chi connectivity index (χ2n) is 13.8. The summed E-state index contributed by atoms with van der Waals surface area (Å²) in [5.41, 5.74) is -1.80. The summed E-state index contributed by atoms with van der Waals surface area (Å²) < 4.78 is 23.3. The van der Waals surface area contributed by atoms with E-state index in [4.69, 9.17) is 18.9 Å². The minimum Gasteiger partial charge on any atom is -0.457 e. The highest BCUT2D eigenvalue weighted by molar-refractivity contribution is 5.71. The van der Waals surface area contributed by atoms with E-state index in [2.05, 4.69) is 5.32 Å². The minimum atomic E-state index is -1.32. The van der Waals surface area contributed by atoms with E-state index in [1.54, 1.807) is 56.1 Å². The summed E-state index contributed by atoms with van der Waals surface area (Å²) in [5, 5.41) is 35.1. The van der Waals surface area contributed by atoms with Gasteiger partial charge in [0, 0.05) is 51.4 Å². The van der Waals surface area contributed by atoms with E-state index in [1.165, 1.54) is 6.92 Å². The molecule has 3 rings (SSSR count). The SMILES string of the molecule is CC[C@@H](O)[C@@H](C)[C@H]1O[C@@H]1C[C@](C)(O)/C=C/C=C(\C)[C@H]1OC(=O)C[C@@H](O)CC[C@](C)(OC(=O)N2CCNCC2)[C@@H](OC(C)=O)/C=C/[C@@H]1C. The van der Waals surface area contributed by atoms with Gasteiger partial charge in [-0.1, -0.05) is 45.1 Å². The molecule has 0 spiro atoms. The number of rotatable bonds is 10. The molecule has 12 heteroatoms. The number of cyclic esters (lactones) is 1. The predicted octanol–water partition coefficient (Wildman–Crippen LogP) is 3.19. The molecule has 12 nitrogen and oxygen atoms in total. The molecule has 47 heavy (non-hydrogen) atoms. The third-order valence-corrected chi connectivity index (χ3v) is 9.33. The molecule has 10 atom stereocenters. The van der Waals surface area contributed by atoms with Crippen LogP contribution in [-0.4, -0.2) is 112 Å². The number of allylic oxidation sites excluding steroid dienone is 2. The van der Waals surface area contributed by atoms with Crippen molar-refractivity contribution in [1.82, 2.24) is 10.2 Å². The predicted molar refractivity (Wildman–Crippen MR) is 175 cm³/mol. The van der Waals surface area contributed by atoms with Crippen LogP contribution in [0.3, 0.4) is 0 Å². The number of amides is 1. The topological polar surface area (TPSA) is 167 Å². The van der Waals surface area contributed by atoms with Crippen molar-refractivity contribution in [3.63, 3.8) is 0 Å². The molecule has 0 aromatic rings. The Bertz CT molecular complexity index is 1160. The summed E-state index contributed by atoms with van der Waals surface area (Å²) in [4.78, 5) is 39.9. The lowest BCUT2D eigenvalue weighted by Crippen LogP contribution is -2.52. The molecular weight excluding hydrogens is 608 g/mol. The Balaban J connectivity index is 1.80. The van der Waals surface area contributed by atoms with Gasteiger partial charge < -0.3 is 44.5 Å². The van der Waals surface area contributed by atoms with Crippen molar-refractivity contribution in [3.8, 4) is 0 Å². The number of aliphatic hydroxyl groups excluding tert-OH is 2. The minimum absolute atomic E-state index is 0.0201. The van der Waals surface area contributed by atoms with Gasteiger partial charge in [0.1, 0.15) is 6.10 Å². The Morgan fingerprint density at radius 1 is 1.26 bits per heavy atom. The molecule has 0 aliphatic carbocycles. The van der Waals surface area contributed by atoms with E-state index in [0.29, 0.717) is 44.6 Å². The standard InChI is InChI=1S/C35H56N2O10/c1-8-27(40)24(4)32-28(45-32)21-34(6,43)14-9-10-22(2)31-23(3)11-12-29(44-25(5)38)35(7,15-13-26(39)20-30(41)46-31)47-33(42)37-18-16-36-17-19-37/h9-12,14,23-24,26-29,31-32,36,39-40,43H,8,13,15-21H2,1-7H3/b12-11+,14-9+,22-10+/t23-,24+,26-,27+,28+,29-,31+,32+,34+,35-/m0/s1. The lowest BCUT2D eigenvalue weighted by molar-refractivity contribution is -0.158. The van der Waals surface area contributed by atoms with Crippen LogP contribution in [-0.2, 0) is 28.5 Å². The van der Waals surface area contributed by atoms with Gasteiger partial charge in [-0.3, -0.25) is 9.59 Å². The average molecular weight is 665 g/mol. The van der Waals surface area contributed by atoms with E-state index >= 15 is 0 Å². The zero-order valence-corrected chi connectivity index (χ0v) is 29.0. The molecule has 3 heterocycles. The monoisotopic (exact) mass is 664 g/mol. The Labute approximate surface area is 279 Å². The first-order valence-electron chi connectivity index (χ1n) is 16.9. The van der Waals surface area contributed by atoms with Gasteiger partial charge >= 0.3 is 18.0 Å². The van der Waals surface area contributed by atoms with Gasteiger partial charge in [0.05, 0.1) is 36.4 Å². The number of esters is 2. The highest BCUT2D eigenvalue weighted by atomic mass is 16.6. The van der Waals surface area contributed by atoms with Crippen molar-refractivity contribution < 1.29 is 48.7 Å². The van der Waals surface area contributed by atoms with E-state index in [-0.39, 0.29) is 37.4 Å². The fraction of sp³-hybridized carbons (Fsp3) is 0.743. The van der Waals surface area contributed by atoms with Crippen LogP contribution in [0.15, 0.2) is 36.0 Å². The van der Waals surface area contributed by atoms with Gasteiger partial charge in [-0.15, -0.1) is 0 Å². The normalized spacial score (nSPS) is 34.2. The van der Waals surface area contributed by atoms with Gasteiger partial charge in [0.25, 0.3) is 0 Å². The van der Waals surface area contributed by atoms with Crippen LogP contribution in [0, 0.1) is 11.8 Å². The molecule has 4 N–H and O–H groups in total. The molecule has 3 aliphatic rings. The average Bonchev–Trinajstić information content (AvgIpc) is 3.77. The largest absolute Gasteiger partial charge is 0.457 e. The van der Waals surface area contributed by atoms with E-state index in [0.717, 1.165) is 0 Å². The quantitative estimate of drug-likeness (QED) is 0.0891. The van der Waals surface area contributed by atoms with Crippen LogP contribution in [0.1, 0.15) is 80.6 Å². The maximum atomic E-state index is 13.2. The number of epoxide rings is 1. The van der Waals surface area contributed by atoms with E-state index < -0.39 is 59.6 Å². The zero-order valence-electron chi connectivity index (χ0n) is 29.0. The van der Waals surface area contributed by atoms with Crippen molar-refractivity contribution in [2.75, 3.05) is 26.2 Å². The second-order valence-corrected chi connectivity index (χ2v) is 13.8. The molecular formula is C35H56N2O10. The van der Waals surface area contributed by atoms with Crippen molar-refractivity contribution in [3.05, 3.63) is 36.0 Å². The fourth-order valence-electron chi connectivity index (χ4n) is 6.19. The molecule has 2 saturated heterocycles. The summed E-state index contributed by atoms with van der Waals surface area (Å²) in [6.07, 6.45) is 5.52. The molecule has 266 valence electrons. The van der Waals surface area contributed by atoms with Gasteiger partial charge in [-0.25, -0.2) is 4.79 Å². The molecule has 0 aromatic carbocycles. The third-order valence-electron chi connectivity index (χ3n) is 9.33. The van der Waals surface area contributed by atoms with Gasteiger partial charge in [-0.2, -0.15) is 0 Å². The van der Waals surface area contributed by atoms with Crippen molar-refractivity contribution >= 4 is 18.0 Å². The molecule has 1 amide bonds. The number of nitrogens with zero attached hydrogens (tertiary/aromatic N) is 1. The maximum absolute atomic E-state index is 13.2. The van der Waals surface area contributed by atoms with Crippen LogP contribution in [0.5, 0.6) is 0 Å². The number of nitrogens with one attached hydrogen (secondary N) is 1. The first-order chi connectivity index (χ1) is 22.0. The lowest BCUT2D eigenvalue weighted by atomic mass is 9.88. The Morgan fingerprint density at radius 3 is 2.57 bits per heavy atom. The fourth-order valence-corrected chi connectivity index (χ4v) is 6.19. The first kappa shape index (κ1) is 38.7. The number of ether oxygens (including phenoxy) is 4. The number of hydrogen-bond donors (Lipinski definition) is 4. The summed E-state index contributed by atoms with van der Waals surface area (Å²) in [7, 11) is 0. The van der Waals surface area contributed by atoms with Crippen LogP contribution in [0.2, 0.25) is 0 Å². The molecule has 3 aliphatic heterocycles. The first-order valence-corrected chi connectivity index (χ1v) is 16.9. The van der Waals surface area contributed by atoms with Crippen LogP contribution in [0.4, 0.5) is 4.79 Å². The molecule has 0 saturated carbocycles. The number of carbonyl (C=O) groups is 3. The van der Waals surface area contributed by atoms with Crippen molar-refractivity contribution in [1.29, 1.82) is 0 Å². The smallest absolute Gasteiger partial charge is 0.410 e. The highest BCUT2D eigenvalue weighted by Gasteiger charge is 2.47. The number of carbonyl (C=O) groups excluding carboxylic acids is 3. The summed E-state index contributed by atoms with van der Waals surface area (Å²) in [6, 6.07) is 0. The maximum Gasteiger partial charge on any atom is 0.410 e. The Kier molecular flexibility index (Phi) is 14.0. The van der Waals surface area contributed by atoms with Crippen molar-refractivity contribution in [2.24, 2.45) is 11.8 Å². The summed E-state index contributed by atoms with van der Waals surface area (Å²) in [6.45, 7) is 14.4. The number of aliphatic hydroxyl groups is 3. The number of hydrogen-bond acceptors (Lipinski definition) is 11. The van der Waals surface area contributed by atoms with E-state index in [9.17, 15) is 29.7 Å². The summed E-state index contributed by atoms with van der Waals surface area (Å²) >= 11 is 0. The van der Waals surface area contributed by atoms with Crippen LogP contribution in [0.25, 0.3) is 0 Å². The van der Waals surface area contributed by atoms with Crippen LogP contribution < -0.4 is 5.32 Å². The summed E-state index contributed by atoms with van der Waals surface area (Å²) in [5.74, 6) is -1.56. The molecule has 0 bridgehead atoms. The van der Waals surface area contributed by atoms with Crippen LogP contribution >= 0.6 is 0 Å². The third kappa shape index (κ3) is 11.7. The van der Waals surface area contributed by atoms with Crippen molar-refractivity contribution in [2.45, 2.75) is 128 Å². The molecule has 0 radical (unpaired) electrons. The molecule has 0 unspecified atom stereocenters. The Hall–Kier alpha value is -2.77. The van der Waals surface area contributed by atoms with Gasteiger partial charge in [0.15, 0.2) is 11.7 Å². The van der Waals surface area contributed by atoms with Gasteiger partial charge in [0.2, 0.25) is 0 Å². The molecule has 0 aromatic heterocycles.